The molecular weight excluding hydrogens is 272 g/mol. The zero-order valence-electron chi connectivity index (χ0n) is 12.0. The third-order valence-electron chi connectivity index (χ3n) is 3.08. The summed E-state index contributed by atoms with van der Waals surface area (Å²) >= 11 is 0. The second-order valence-electron chi connectivity index (χ2n) is 4.56. The van der Waals surface area contributed by atoms with Crippen LogP contribution in [0.3, 0.4) is 0 Å². The third kappa shape index (κ3) is 3.22. The Morgan fingerprint density at radius 3 is 2.67 bits per heavy atom. The molecular formula is C13H16N6O2. The molecule has 0 aliphatic carbocycles. The summed E-state index contributed by atoms with van der Waals surface area (Å²) in [6, 6.07) is 6.49. The van der Waals surface area contributed by atoms with Crippen molar-refractivity contribution in [3.05, 3.63) is 35.7 Å². The number of nitrogens with one attached hydrogen (secondary N) is 2. The van der Waals surface area contributed by atoms with Crippen molar-refractivity contribution < 1.29 is 9.59 Å². The Morgan fingerprint density at radius 1 is 1.33 bits per heavy atom. The third-order valence-corrected chi connectivity index (χ3v) is 3.08. The second kappa shape index (κ2) is 6.12. The number of carbonyl (C=O) groups excluding carboxylic acids is 2. The van der Waals surface area contributed by atoms with Gasteiger partial charge in [-0.1, -0.05) is 17.3 Å². The Balaban J connectivity index is 2.21. The van der Waals surface area contributed by atoms with Crippen molar-refractivity contribution in [2.75, 3.05) is 11.9 Å². The maximum atomic E-state index is 12.4. The topological polar surface area (TPSA) is 104 Å². The Bertz CT molecular complexity index is 640. The fraction of sp³-hybridized carbons (Fsp3) is 0.308. The quantitative estimate of drug-likeness (QED) is 0.860. The van der Waals surface area contributed by atoms with Crippen molar-refractivity contribution in [2.24, 2.45) is 0 Å². The summed E-state index contributed by atoms with van der Waals surface area (Å²) in [6.45, 7) is 3.19. The van der Waals surface area contributed by atoms with Crippen LogP contribution in [-0.2, 0) is 4.79 Å². The molecule has 2 aromatic rings. The van der Waals surface area contributed by atoms with Crippen LogP contribution >= 0.6 is 0 Å². The standard InChI is InChI=1S/C13H16N6O2/c1-8(12-15-17-18-16-12)14-13(21)10-6-4-5-7-11(10)19(3)9(2)20/h4-8H,1-3H3,(H,14,21)(H,15,16,17,18). The molecule has 0 aliphatic heterocycles. The van der Waals surface area contributed by atoms with Crippen LogP contribution in [0.15, 0.2) is 24.3 Å². The molecule has 0 spiro atoms. The number of aromatic amines is 1. The first-order valence-corrected chi connectivity index (χ1v) is 6.38. The van der Waals surface area contributed by atoms with Crippen LogP contribution in [0.5, 0.6) is 0 Å². The highest BCUT2D eigenvalue weighted by Gasteiger charge is 2.19. The number of amides is 2. The van der Waals surface area contributed by atoms with Gasteiger partial charge in [-0.15, -0.1) is 10.2 Å². The number of aromatic nitrogens is 4. The Labute approximate surface area is 121 Å². The molecule has 110 valence electrons. The molecule has 8 heteroatoms. The number of H-pyrrole nitrogens is 1. The molecule has 1 atom stereocenters. The van der Waals surface area contributed by atoms with Gasteiger partial charge in [0.2, 0.25) is 5.91 Å². The predicted octanol–water partition coefficient (Wildman–Crippen LogP) is 0.673. The zero-order valence-corrected chi connectivity index (χ0v) is 12.0. The van der Waals surface area contributed by atoms with E-state index in [0.717, 1.165) is 0 Å². The molecule has 2 amide bonds. The lowest BCUT2D eigenvalue weighted by Crippen LogP contribution is -2.31. The van der Waals surface area contributed by atoms with Gasteiger partial charge in [-0.3, -0.25) is 9.59 Å². The lowest BCUT2D eigenvalue weighted by Gasteiger charge is -2.19. The van der Waals surface area contributed by atoms with E-state index in [4.69, 9.17) is 0 Å². The molecule has 2 rings (SSSR count). The van der Waals surface area contributed by atoms with E-state index in [1.54, 1.807) is 38.2 Å². The summed E-state index contributed by atoms with van der Waals surface area (Å²) in [5.41, 5.74) is 0.952. The van der Waals surface area contributed by atoms with Gasteiger partial charge in [0.25, 0.3) is 5.91 Å². The Kier molecular flexibility index (Phi) is 4.27. The maximum Gasteiger partial charge on any atom is 0.253 e. The van der Waals surface area contributed by atoms with Gasteiger partial charge < -0.3 is 10.2 Å². The van der Waals surface area contributed by atoms with Crippen molar-refractivity contribution >= 4 is 17.5 Å². The second-order valence-corrected chi connectivity index (χ2v) is 4.56. The van der Waals surface area contributed by atoms with Gasteiger partial charge >= 0.3 is 0 Å². The van der Waals surface area contributed by atoms with Gasteiger partial charge in [0.05, 0.1) is 17.3 Å². The summed E-state index contributed by atoms with van der Waals surface area (Å²) in [4.78, 5) is 25.3. The number of hydrogen-bond acceptors (Lipinski definition) is 5. The molecule has 1 heterocycles. The highest BCUT2D eigenvalue weighted by atomic mass is 16.2. The van der Waals surface area contributed by atoms with Crippen molar-refractivity contribution in [3.8, 4) is 0 Å². The Morgan fingerprint density at radius 2 is 2.05 bits per heavy atom. The molecule has 1 aromatic carbocycles. The van der Waals surface area contributed by atoms with E-state index in [2.05, 4.69) is 25.9 Å². The summed E-state index contributed by atoms with van der Waals surface area (Å²) in [7, 11) is 1.62. The normalized spacial score (nSPS) is 11.8. The van der Waals surface area contributed by atoms with Crippen LogP contribution in [0.4, 0.5) is 5.69 Å². The molecule has 1 unspecified atom stereocenters. The minimum Gasteiger partial charge on any atom is -0.342 e. The lowest BCUT2D eigenvalue weighted by molar-refractivity contribution is -0.116. The fourth-order valence-corrected chi connectivity index (χ4v) is 1.82. The maximum absolute atomic E-state index is 12.4. The average molecular weight is 288 g/mol. The summed E-state index contributed by atoms with van der Waals surface area (Å²) < 4.78 is 0. The molecule has 0 saturated heterocycles. The largest absolute Gasteiger partial charge is 0.342 e. The van der Waals surface area contributed by atoms with Crippen LogP contribution in [0.2, 0.25) is 0 Å². The lowest BCUT2D eigenvalue weighted by atomic mass is 10.1. The van der Waals surface area contributed by atoms with Gasteiger partial charge in [0.15, 0.2) is 5.82 Å². The van der Waals surface area contributed by atoms with E-state index < -0.39 is 6.04 Å². The molecule has 1 aromatic heterocycles. The first-order chi connectivity index (χ1) is 10.0. The molecule has 0 radical (unpaired) electrons. The van der Waals surface area contributed by atoms with Gasteiger partial charge in [-0.05, 0) is 19.1 Å². The monoisotopic (exact) mass is 288 g/mol. The van der Waals surface area contributed by atoms with E-state index >= 15 is 0 Å². The van der Waals surface area contributed by atoms with Gasteiger partial charge in [0, 0.05) is 14.0 Å². The number of anilines is 1. The van der Waals surface area contributed by atoms with Crippen molar-refractivity contribution in [2.45, 2.75) is 19.9 Å². The van der Waals surface area contributed by atoms with Crippen LogP contribution < -0.4 is 10.2 Å². The Hall–Kier alpha value is -2.77. The minimum absolute atomic E-state index is 0.151. The molecule has 0 saturated carbocycles. The molecule has 2 N–H and O–H groups in total. The van der Waals surface area contributed by atoms with Gasteiger partial charge in [0.1, 0.15) is 0 Å². The number of tetrazole rings is 1. The minimum atomic E-state index is -0.396. The highest BCUT2D eigenvalue weighted by Crippen LogP contribution is 2.20. The number of para-hydroxylation sites is 1. The molecule has 21 heavy (non-hydrogen) atoms. The fourth-order valence-electron chi connectivity index (χ4n) is 1.82. The van der Waals surface area contributed by atoms with Gasteiger partial charge in [-0.2, -0.15) is 5.21 Å². The van der Waals surface area contributed by atoms with Crippen molar-refractivity contribution in [3.63, 3.8) is 0 Å². The number of carbonyl (C=O) groups is 2. The van der Waals surface area contributed by atoms with E-state index in [1.807, 2.05) is 0 Å². The molecule has 0 aliphatic rings. The predicted molar refractivity (Wildman–Crippen MR) is 75.6 cm³/mol. The van der Waals surface area contributed by atoms with Gasteiger partial charge in [-0.25, -0.2) is 0 Å². The first-order valence-electron chi connectivity index (χ1n) is 6.38. The number of nitrogens with zero attached hydrogens (tertiary/aromatic N) is 4. The van der Waals surface area contributed by atoms with Crippen molar-refractivity contribution in [1.29, 1.82) is 0 Å². The van der Waals surface area contributed by atoms with Crippen LogP contribution in [0.25, 0.3) is 0 Å². The van der Waals surface area contributed by atoms with E-state index in [0.29, 0.717) is 17.1 Å². The molecule has 0 bridgehead atoms. The molecule has 0 fully saturated rings. The smallest absolute Gasteiger partial charge is 0.253 e. The number of benzene rings is 1. The summed E-state index contributed by atoms with van der Waals surface area (Å²) in [5.74, 6) is -0.0711. The summed E-state index contributed by atoms with van der Waals surface area (Å²) in [6.07, 6.45) is 0. The van der Waals surface area contributed by atoms with Crippen LogP contribution in [0.1, 0.15) is 36.1 Å². The van der Waals surface area contributed by atoms with E-state index in [-0.39, 0.29) is 11.8 Å². The number of rotatable bonds is 4. The number of hydrogen-bond donors (Lipinski definition) is 2. The van der Waals surface area contributed by atoms with Crippen LogP contribution in [0, 0.1) is 0 Å². The molecule has 8 nitrogen and oxygen atoms in total. The highest BCUT2D eigenvalue weighted by molar-refractivity contribution is 6.04. The van der Waals surface area contributed by atoms with E-state index in [1.165, 1.54) is 11.8 Å². The SMILES string of the molecule is CC(=O)N(C)c1ccccc1C(=O)NC(C)c1nn[nH]n1. The zero-order chi connectivity index (χ0) is 15.4. The average Bonchev–Trinajstić information content (AvgIpc) is 3.00. The van der Waals surface area contributed by atoms with Crippen LogP contribution in [-0.4, -0.2) is 39.5 Å². The van der Waals surface area contributed by atoms with E-state index in [9.17, 15) is 9.59 Å². The summed E-state index contributed by atoms with van der Waals surface area (Å²) in [5, 5.41) is 16.2. The first kappa shape index (κ1) is 14.6. The van der Waals surface area contributed by atoms with Crippen molar-refractivity contribution in [1.82, 2.24) is 25.9 Å².